The van der Waals surface area contributed by atoms with E-state index in [0.29, 0.717) is 17.5 Å². The summed E-state index contributed by atoms with van der Waals surface area (Å²) in [5.41, 5.74) is 9.08. The van der Waals surface area contributed by atoms with Gasteiger partial charge in [-0.25, -0.2) is 19.9 Å². The molecule has 224 valence electrons. The Hall–Kier alpha value is -6.66. The van der Waals surface area contributed by atoms with E-state index in [4.69, 9.17) is 19.9 Å². The third-order valence-electron chi connectivity index (χ3n) is 9.14. The maximum absolute atomic E-state index is 5.15. The normalized spacial score (nSPS) is 11.8. The van der Waals surface area contributed by atoms with Gasteiger partial charge in [-0.15, -0.1) is 0 Å². The van der Waals surface area contributed by atoms with Crippen molar-refractivity contribution in [1.29, 1.82) is 0 Å². The van der Waals surface area contributed by atoms with E-state index in [9.17, 15) is 0 Å². The number of rotatable bonds is 4. The Bertz CT molecular complexity index is 2760. The second-order valence-corrected chi connectivity index (χ2v) is 11.9. The number of hydrogen-bond donors (Lipinski definition) is 0. The van der Waals surface area contributed by atoms with Crippen LogP contribution in [0.25, 0.3) is 89.2 Å². The fourth-order valence-electron chi connectivity index (χ4n) is 6.98. The first-order chi connectivity index (χ1) is 23.8. The van der Waals surface area contributed by atoms with E-state index in [1.165, 1.54) is 16.2 Å². The summed E-state index contributed by atoms with van der Waals surface area (Å²) < 4.78 is 4.69. The molecule has 0 spiro atoms. The van der Waals surface area contributed by atoms with E-state index in [1.54, 1.807) is 0 Å². The lowest BCUT2D eigenvalue weighted by atomic mass is 10.1. The number of fused-ring (bicyclic) bond motifs is 10. The molecule has 4 heterocycles. The van der Waals surface area contributed by atoms with Gasteiger partial charge in [-0.3, -0.25) is 8.97 Å². The van der Waals surface area contributed by atoms with Gasteiger partial charge < -0.3 is 0 Å². The SMILES string of the molecule is c1ccc(-c2nc(-c3ccccc3)nc(-c3ccc(-n4c5ccccc5c5c6ccccc6c6nc7ccccc7n6c54)cc3)n2)cc1. The molecule has 0 bridgehead atoms. The molecule has 0 saturated heterocycles. The zero-order valence-corrected chi connectivity index (χ0v) is 25.7. The Morgan fingerprint density at radius 2 is 0.875 bits per heavy atom. The van der Waals surface area contributed by atoms with Crippen LogP contribution in [-0.2, 0) is 0 Å². The summed E-state index contributed by atoms with van der Waals surface area (Å²) in [6, 6.07) is 54.3. The average molecular weight is 615 g/mol. The van der Waals surface area contributed by atoms with Crippen molar-refractivity contribution >= 4 is 49.4 Å². The summed E-state index contributed by atoms with van der Waals surface area (Å²) in [5.74, 6) is 1.92. The first kappa shape index (κ1) is 26.5. The van der Waals surface area contributed by atoms with Gasteiger partial charge in [0.2, 0.25) is 0 Å². The molecule has 0 fully saturated rings. The predicted octanol–water partition coefficient (Wildman–Crippen LogP) is 9.92. The average Bonchev–Trinajstić information content (AvgIpc) is 3.72. The molecule has 6 nitrogen and oxygen atoms in total. The first-order valence-corrected chi connectivity index (χ1v) is 16.0. The van der Waals surface area contributed by atoms with Crippen LogP contribution in [0, 0.1) is 0 Å². The summed E-state index contributed by atoms with van der Waals surface area (Å²) in [4.78, 5) is 19.9. The summed E-state index contributed by atoms with van der Waals surface area (Å²) in [6.45, 7) is 0. The quantitative estimate of drug-likeness (QED) is 0.198. The van der Waals surface area contributed by atoms with Crippen LogP contribution in [0.3, 0.4) is 0 Å². The van der Waals surface area contributed by atoms with Gasteiger partial charge in [0.1, 0.15) is 11.3 Å². The van der Waals surface area contributed by atoms with Crippen molar-refractivity contribution in [2.24, 2.45) is 0 Å². The maximum atomic E-state index is 5.15. The third-order valence-corrected chi connectivity index (χ3v) is 9.14. The largest absolute Gasteiger partial charge is 0.295 e. The summed E-state index contributed by atoms with van der Waals surface area (Å²) >= 11 is 0. The minimum atomic E-state index is 0.630. The molecule has 48 heavy (non-hydrogen) atoms. The summed E-state index contributed by atoms with van der Waals surface area (Å²) in [6.07, 6.45) is 0. The molecule has 0 atom stereocenters. The molecule has 6 heteroatoms. The second-order valence-electron chi connectivity index (χ2n) is 11.9. The van der Waals surface area contributed by atoms with Crippen molar-refractivity contribution in [3.05, 3.63) is 158 Å². The van der Waals surface area contributed by atoms with Gasteiger partial charge in [0.05, 0.1) is 16.6 Å². The van der Waals surface area contributed by atoms with E-state index in [1.807, 2.05) is 60.7 Å². The Balaban J connectivity index is 1.22. The molecule has 10 rings (SSSR count). The van der Waals surface area contributed by atoms with Gasteiger partial charge in [0.25, 0.3) is 0 Å². The zero-order chi connectivity index (χ0) is 31.6. The molecular formula is C42H26N6. The van der Waals surface area contributed by atoms with Crippen LogP contribution >= 0.6 is 0 Å². The monoisotopic (exact) mass is 614 g/mol. The van der Waals surface area contributed by atoms with Gasteiger partial charge in [-0.2, -0.15) is 0 Å². The number of benzene rings is 6. The fraction of sp³-hybridized carbons (Fsp3) is 0. The van der Waals surface area contributed by atoms with Crippen molar-refractivity contribution in [1.82, 2.24) is 28.9 Å². The van der Waals surface area contributed by atoms with Gasteiger partial charge in [0.15, 0.2) is 17.5 Å². The third kappa shape index (κ3) is 3.99. The number of pyridine rings is 1. The van der Waals surface area contributed by atoms with E-state index < -0.39 is 0 Å². The number of imidazole rings is 1. The molecule has 0 unspecified atom stereocenters. The van der Waals surface area contributed by atoms with Crippen LogP contribution in [0.15, 0.2) is 158 Å². The molecule has 0 aliphatic heterocycles. The standard InChI is InChI=1S/C42H26N6/c1-3-13-27(14-4-1)38-44-39(28-15-5-2-6-16-28)46-40(45-38)29-23-25-30(26-24-29)47-35-21-11-9-19-33(35)37-31-17-7-8-18-32(31)41-43-34-20-10-12-22-36(34)48(41)42(37)47/h1-26H. The van der Waals surface area contributed by atoms with Crippen LogP contribution in [-0.4, -0.2) is 28.9 Å². The van der Waals surface area contributed by atoms with E-state index in [0.717, 1.165) is 55.6 Å². The number of nitrogens with zero attached hydrogens (tertiary/aromatic N) is 6. The fourth-order valence-corrected chi connectivity index (χ4v) is 6.98. The van der Waals surface area contributed by atoms with E-state index in [2.05, 4.69) is 106 Å². The van der Waals surface area contributed by atoms with E-state index >= 15 is 0 Å². The van der Waals surface area contributed by atoms with Crippen LogP contribution in [0.4, 0.5) is 0 Å². The van der Waals surface area contributed by atoms with Crippen molar-refractivity contribution in [3.63, 3.8) is 0 Å². The maximum Gasteiger partial charge on any atom is 0.164 e. The minimum absolute atomic E-state index is 0.630. The lowest BCUT2D eigenvalue weighted by molar-refractivity contribution is 1.07. The van der Waals surface area contributed by atoms with Crippen LogP contribution in [0.2, 0.25) is 0 Å². The number of para-hydroxylation sites is 3. The van der Waals surface area contributed by atoms with Gasteiger partial charge in [-0.1, -0.05) is 115 Å². The highest BCUT2D eigenvalue weighted by molar-refractivity contribution is 6.23. The van der Waals surface area contributed by atoms with Crippen molar-refractivity contribution < 1.29 is 0 Å². The number of hydrogen-bond acceptors (Lipinski definition) is 4. The Morgan fingerprint density at radius 1 is 0.375 bits per heavy atom. The van der Waals surface area contributed by atoms with Crippen molar-refractivity contribution in [3.8, 4) is 39.9 Å². The minimum Gasteiger partial charge on any atom is -0.295 e. The molecule has 10 aromatic rings. The molecule has 0 N–H and O–H groups in total. The predicted molar refractivity (Wildman–Crippen MR) is 194 cm³/mol. The number of aromatic nitrogens is 6. The highest BCUT2D eigenvalue weighted by Crippen LogP contribution is 2.40. The highest BCUT2D eigenvalue weighted by atomic mass is 15.1. The van der Waals surface area contributed by atoms with Crippen LogP contribution < -0.4 is 0 Å². The Kier molecular flexibility index (Phi) is 5.77. The lowest BCUT2D eigenvalue weighted by Gasteiger charge is -2.12. The second kappa shape index (κ2) is 10.4. The van der Waals surface area contributed by atoms with Gasteiger partial charge in [0, 0.05) is 38.5 Å². The summed E-state index contributed by atoms with van der Waals surface area (Å²) in [5, 5.41) is 4.73. The van der Waals surface area contributed by atoms with E-state index in [-0.39, 0.29) is 0 Å². The van der Waals surface area contributed by atoms with Crippen LogP contribution in [0.5, 0.6) is 0 Å². The molecule has 0 saturated carbocycles. The topological polar surface area (TPSA) is 60.9 Å². The van der Waals surface area contributed by atoms with Crippen molar-refractivity contribution in [2.45, 2.75) is 0 Å². The molecule has 4 aromatic heterocycles. The molecule has 0 amide bonds. The molecule has 0 radical (unpaired) electrons. The highest BCUT2D eigenvalue weighted by Gasteiger charge is 2.21. The summed E-state index contributed by atoms with van der Waals surface area (Å²) in [7, 11) is 0. The van der Waals surface area contributed by atoms with Gasteiger partial charge >= 0.3 is 0 Å². The van der Waals surface area contributed by atoms with Crippen molar-refractivity contribution in [2.75, 3.05) is 0 Å². The first-order valence-electron chi connectivity index (χ1n) is 16.0. The molecule has 0 aliphatic rings. The smallest absolute Gasteiger partial charge is 0.164 e. The molecular weight excluding hydrogens is 589 g/mol. The van der Waals surface area contributed by atoms with Crippen LogP contribution in [0.1, 0.15) is 0 Å². The van der Waals surface area contributed by atoms with Gasteiger partial charge in [-0.05, 0) is 47.9 Å². The lowest BCUT2D eigenvalue weighted by Crippen LogP contribution is -2.01. The molecule has 0 aliphatic carbocycles. The zero-order valence-electron chi connectivity index (χ0n) is 25.7. The molecule has 6 aromatic carbocycles. The Morgan fingerprint density at radius 3 is 1.52 bits per heavy atom. The Labute approximate surface area is 275 Å².